The fourth-order valence-electron chi connectivity index (χ4n) is 3.05. The van der Waals surface area contributed by atoms with Gasteiger partial charge in [0.2, 0.25) is 11.8 Å². The molecule has 0 radical (unpaired) electrons. The number of nitrogens with one attached hydrogen (secondary N) is 2. The number of hydrogen-bond donors (Lipinski definition) is 2. The zero-order valence-electron chi connectivity index (χ0n) is 17.9. The fourth-order valence-corrected chi connectivity index (χ4v) is 3.05. The second-order valence-corrected chi connectivity index (χ2v) is 7.28. The lowest BCUT2D eigenvalue weighted by Crippen LogP contribution is -2.32. The number of hydrogen-bond acceptors (Lipinski definition) is 4. The highest BCUT2D eigenvalue weighted by Gasteiger charge is 2.14. The first-order valence-electron chi connectivity index (χ1n) is 10.3. The van der Waals surface area contributed by atoms with E-state index in [1.165, 1.54) is 0 Å². The number of nitrogens with zero attached hydrogens (tertiary/aromatic N) is 2. The molecule has 0 spiro atoms. The van der Waals surface area contributed by atoms with Gasteiger partial charge in [-0.2, -0.15) is 5.10 Å². The Kier molecular flexibility index (Phi) is 6.97. The molecule has 31 heavy (non-hydrogen) atoms. The lowest BCUT2D eigenvalue weighted by Gasteiger charge is -2.12. The van der Waals surface area contributed by atoms with Gasteiger partial charge in [-0.25, -0.2) is 4.68 Å². The van der Waals surface area contributed by atoms with E-state index in [0.29, 0.717) is 11.4 Å². The van der Waals surface area contributed by atoms with E-state index in [1.54, 1.807) is 19.1 Å². The molecule has 7 nitrogen and oxygen atoms in total. The molecule has 0 aliphatic rings. The van der Waals surface area contributed by atoms with Crippen molar-refractivity contribution in [1.82, 2.24) is 9.78 Å². The van der Waals surface area contributed by atoms with Crippen molar-refractivity contribution in [1.29, 1.82) is 0 Å². The first-order valence-corrected chi connectivity index (χ1v) is 10.3. The monoisotopic (exact) mass is 418 g/mol. The Morgan fingerprint density at radius 1 is 0.968 bits per heavy atom. The SMILES string of the molecule is CCC(=O)Nc1cc(-c2ccc(C)cc2)nn(CC(=O)Nc2cccc(CC)c2)c1=O. The number of carbonyl (C=O) groups is 2. The van der Waals surface area contributed by atoms with Gasteiger partial charge in [0, 0.05) is 17.7 Å². The van der Waals surface area contributed by atoms with Crippen molar-refractivity contribution in [2.24, 2.45) is 0 Å². The van der Waals surface area contributed by atoms with Crippen LogP contribution in [0.15, 0.2) is 59.4 Å². The molecule has 7 heteroatoms. The number of rotatable bonds is 7. The summed E-state index contributed by atoms with van der Waals surface area (Å²) in [6.45, 7) is 5.44. The Morgan fingerprint density at radius 3 is 2.39 bits per heavy atom. The van der Waals surface area contributed by atoms with Crippen molar-refractivity contribution in [3.05, 3.63) is 76.1 Å². The van der Waals surface area contributed by atoms with E-state index in [9.17, 15) is 14.4 Å². The van der Waals surface area contributed by atoms with Crippen LogP contribution in [0.25, 0.3) is 11.3 Å². The van der Waals surface area contributed by atoms with Crippen molar-refractivity contribution < 1.29 is 9.59 Å². The van der Waals surface area contributed by atoms with Gasteiger partial charge in [0.25, 0.3) is 5.56 Å². The van der Waals surface area contributed by atoms with Crippen LogP contribution in [0.1, 0.15) is 31.4 Å². The zero-order valence-corrected chi connectivity index (χ0v) is 17.9. The molecule has 0 saturated carbocycles. The van der Waals surface area contributed by atoms with Gasteiger partial charge in [0.1, 0.15) is 12.2 Å². The summed E-state index contributed by atoms with van der Waals surface area (Å²) in [5.74, 6) is -0.665. The maximum Gasteiger partial charge on any atom is 0.291 e. The molecule has 2 amide bonds. The minimum Gasteiger partial charge on any atom is -0.324 e. The number of anilines is 2. The normalized spacial score (nSPS) is 10.5. The van der Waals surface area contributed by atoms with Crippen molar-refractivity contribution >= 4 is 23.2 Å². The van der Waals surface area contributed by atoms with Gasteiger partial charge >= 0.3 is 0 Å². The van der Waals surface area contributed by atoms with Crippen LogP contribution in [0.3, 0.4) is 0 Å². The molecular weight excluding hydrogens is 392 g/mol. The summed E-state index contributed by atoms with van der Waals surface area (Å²) in [5, 5.41) is 9.79. The van der Waals surface area contributed by atoms with Crippen molar-refractivity contribution in [2.75, 3.05) is 10.6 Å². The molecule has 3 rings (SSSR count). The third-order valence-electron chi connectivity index (χ3n) is 4.83. The van der Waals surface area contributed by atoms with Gasteiger partial charge in [-0.1, -0.05) is 55.8 Å². The molecule has 0 aliphatic heterocycles. The summed E-state index contributed by atoms with van der Waals surface area (Å²) in [6.07, 6.45) is 1.08. The molecule has 0 saturated heterocycles. The predicted octanol–water partition coefficient (Wildman–Crippen LogP) is 3.77. The highest BCUT2D eigenvalue weighted by Crippen LogP contribution is 2.19. The molecule has 2 aromatic carbocycles. The molecular formula is C24H26N4O3. The molecule has 0 bridgehead atoms. The molecule has 2 N–H and O–H groups in total. The van der Waals surface area contributed by atoms with Crippen LogP contribution in [-0.2, 0) is 22.6 Å². The van der Waals surface area contributed by atoms with E-state index in [-0.39, 0.29) is 30.5 Å². The first kappa shape index (κ1) is 22.0. The molecule has 160 valence electrons. The summed E-state index contributed by atoms with van der Waals surface area (Å²) < 4.78 is 1.08. The van der Waals surface area contributed by atoms with E-state index < -0.39 is 5.56 Å². The van der Waals surface area contributed by atoms with Crippen LogP contribution in [0, 0.1) is 6.92 Å². The lowest BCUT2D eigenvalue weighted by atomic mass is 10.1. The standard InChI is InChI=1S/C24H26N4O3/c1-4-17-7-6-8-19(13-17)25-23(30)15-28-24(31)21(26-22(29)5-2)14-20(27-28)18-11-9-16(3)10-12-18/h6-14H,4-5,15H2,1-3H3,(H,25,30)(H,26,29). The van der Waals surface area contributed by atoms with E-state index in [1.807, 2.05) is 56.3 Å². The molecule has 3 aromatic rings. The van der Waals surface area contributed by atoms with Crippen LogP contribution in [0.4, 0.5) is 11.4 Å². The number of aryl methyl sites for hydroxylation is 2. The lowest BCUT2D eigenvalue weighted by molar-refractivity contribution is -0.117. The molecule has 0 aliphatic carbocycles. The minimum absolute atomic E-state index is 0.0956. The number of carbonyl (C=O) groups excluding carboxylic acids is 2. The van der Waals surface area contributed by atoms with E-state index in [2.05, 4.69) is 15.7 Å². The van der Waals surface area contributed by atoms with Crippen LogP contribution in [0.5, 0.6) is 0 Å². The third kappa shape index (κ3) is 5.66. The van der Waals surface area contributed by atoms with Crippen LogP contribution < -0.4 is 16.2 Å². The Hall–Kier alpha value is -3.74. The van der Waals surface area contributed by atoms with Gasteiger partial charge in [-0.05, 0) is 37.1 Å². The number of amides is 2. The maximum absolute atomic E-state index is 12.9. The van der Waals surface area contributed by atoms with Crippen molar-refractivity contribution in [3.63, 3.8) is 0 Å². The third-order valence-corrected chi connectivity index (χ3v) is 4.83. The Labute approximate surface area is 181 Å². The highest BCUT2D eigenvalue weighted by molar-refractivity contribution is 5.92. The van der Waals surface area contributed by atoms with Crippen molar-refractivity contribution in [3.8, 4) is 11.3 Å². The molecule has 0 fully saturated rings. The Balaban J connectivity index is 1.93. The Bertz CT molecular complexity index is 1150. The smallest absolute Gasteiger partial charge is 0.291 e. The molecule has 1 aromatic heterocycles. The summed E-state index contributed by atoms with van der Waals surface area (Å²) in [7, 11) is 0. The van der Waals surface area contributed by atoms with Crippen LogP contribution in [-0.4, -0.2) is 21.6 Å². The summed E-state index contributed by atoms with van der Waals surface area (Å²) in [5.41, 5.74) is 3.68. The van der Waals surface area contributed by atoms with E-state index in [4.69, 9.17) is 0 Å². The number of benzene rings is 2. The number of aromatic nitrogens is 2. The molecule has 0 atom stereocenters. The average Bonchev–Trinajstić information content (AvgIpc) is 2.76. The summed E-state index contributed by atoms with van der Waals surface area (Å²) in [4.78, 5) is 37.4. The largest absolute Gasteiger partial charge is 0.324 e. The van der Waals surface area contributed by atoms with Gasteiger partial charge < -0.3 is 10.6 Å². The summed E-state index contributed by atoms with van der Waals surface area (Å²) >= 11 is 0. The topological polar surface area (TPSA) is 93.1 Å². The van der Waals surface area contributed by atoms with Gasteiger partial charge in [-0.3, -0.25) is 14.4 Å². The summed E-state index contributed by atoms with van der Waals surface area (Å²) in [6, 6.07) is 16.7. The molecule has 0 unspecified atom stereocenters. The van der Waals surface area contributed by atoms with Gasteiger partial charge in [0.15, 0.2) is 0 Å². The van der Waals surface area contributed by atoms with Gasteiger partial charge in [0.05, 0.1) is 5.69 Å². The van der Waals surface area contributed by atoms with Crippen LogP contribution in [0.2, 0.25) is 0 Å². The fraction of sp³-hybridized carbons (Fsp3) is 0.250. The quantitative estimate of drug-likeness (QED) is 0.611. The van der Waals surface area contributed by atoms with Crippen LogP contribution >= 0.6 is 0 Å². The highest BCUT2D eigenvalue weighted by atomic mass is 16.2. The van der Waals surface area contributed by atoms with Crippen molar-refractivity contribution in [2.45, 2.75) is 40.2 Å². The average molecular weight is 418 g/mol. The second-order valence-electron chi connectivity index (χ2n) is 7.28. The zero-order chi connectivity index (χ0) is 22.4. The predicted molar refractivity (Wildman–Crippen MR) is 122 cm³/mol. The van der Waals surface area contributed by atoms with E-state index in [0.717, 1.165) is 27.8 Å². The molecule has 1 heterocycles. The van der Waals surface area contributed by atoms with Gasteiger partial charge in [-0.15, -0.1) is 0 Å². The first-order chi connectivity index (χ1) is 14.9. The maximum atomic E-state index is 12.9. The Morgan fingerprint density at radius 2 is 1.71 bits per heavy atom. The second kappa shape index (κ2) is 9.84. The van der Waals surface area contributed by atoms with E-state index >= 15 is 0 Å². The minimum atomic E-state index is -0.532.